The second kappa shape index (κ2) is 5.05. The van der Waals surface area contributed by atoms with Crippen molar-refractivity contribution < 1.29 is 4.79 Å². The second-order valence-corrected chi connectivity index (χ2v) is 6.25. The summed E-state index contributed by atoms with van der Waals surface area (Å²) in [6.07, 6.45) is 3.42. The Hall–Kier alpha value is -1.21. The van der Waals surface area contributed by atoms with Gasteiger partial charge in [0.25, 0.3) is 0 Å². The smallest absolute Gasteiger partial charge is 0.195 e. The van der Waals surface area contributed by atoms with Crippen LogP contribution in [0.4, 0.5) is 0 Å². The number of aromatic amines is 1. The Labute approximate surface area is 131 Å². The molecule has 0 aliphatic heterocycles. The molecule has 1 N–H and O–H groups in total. The van der Waals surface area contributed by atoms with Crippen LogP contribution in [0.15, 0.2) is 47.2 Å². The van der Waals surface area contributed by atoms with Crippen molar-refractivity contribution in [3.63, 3.8) is 0 Å². The molecule has 2 heterocycles. The number of rotatable bonds is 2. The molecule has 2 aromatic heterocycles. The number of halogens is 2. The van der Waals surface area contributed by atoms with Crippen molar-refractivity contribution in [2.24, 2.45) is 0 Å². The van der Waals surface area contributed by atoms with Gasteiger partial charge in [0.15, 0.2) is 5.78 Å². The predicted molar refractivity (Wildman–Crippen MR) is 86.4 cm³/mol. The van der Waals surface area contributed by atoms with Crippen molar-refractivity contribution in [1.29, 1.82) is 0 Å². The molecule has 19 heavy (non-hydrogen) atoms. The maximum Gasteiger partial charge on any atom is 0.195 e. The number of aromatic nitrogens is 2. The number of nitrogens with zero attached hydrogens (tertiary/aromatic N) is 1. The average molecular weight is 427 g/mol. The average Bonchev–Trinajstić information content (AvgIpc) is 2.80. The number of benzene rings is 1. The van der Waals surface area contributed by atoms with E-state index in [9.17, 15) is 4.79 Å². The molecule has 0 fully saturated rings. The highest BCUT2D eigenvalue weighted by Crippen LogP contribution is 2.23. The fourth-order valence-electron chi connectivity index (χ4n) is 1.95. The highest BCUT2D eigenvalue weighted by atomic mass is 127. The van der Waals surface area contributed by atoms with Gasteiger partial charge in [-0.25, -0.2) is 4.98 Å². The number of pyridine rings is 1. The molecule has 0 unspecified atom stereocenters. The molecule has 0 spiro atoms. The second-order valence-electron chi connectivity index (χ2n) is 4.09. The number of fused-ring (bicyclic) bond motifs is 1. The first-order chi connectivity index (χ1) is 9.15. The van der Waals surface area contributed by atoms with Crippen molar-refractivity contribution in [2.45, 2.75) is 0 Å². The first kappa shape index (κ1) is 12.8. The predicted octanol–water partition coefficient (Wildman–Crippen LogP) is 4.16. The van der Waals surface area contributed by atoms with Gasteiger partial charge in [-0.15, -0.1) is 0 Å². The maximum absolute atomic E-state index is 12.5. The number of carbonyl (C=O) groups excluding carboxylic acids is 1. The Morgan fingerprint density at radius 2 is 2.16 bits per heavy atom. The quantitative estimate of drug-likeness (QED) is 0.494. The molecule has 3 rings (SSSR count). The summed E-state index contributed by atoms with van der Waals surface area (Å²) in [5.41, 5.74) is 2.05. The Morgan fingerprint density at radius 1 is 1.32 bits per heavy atom. The zero-order valence-electron chi connectivity index (χ0n) is 9.65. The van der Waals surface area contributed by atoms with Gasteiger partial charge in [-0.2, -0.15) is 0 Å². The third kappa shape index (κ3) is 2.44. The zero-order valence-corrected chi connectivity index (χ0v) is 13.4. The van der Waals surface area contributed by atoms with E-state index >= 15 is 0 Å². The highest BCUT2D eigenvalue weighted by molar-refractivity contribution is 14.1. The Kier molecular flexibility index (Phi) is 3.40. The molecule has 94 valence electrons. The van der Waals surface area contributed by atoms with E-state index in [2.05, 4.69) is 48.5 Å². The summed E-state index contributed by atoms with van der Waals surface area (Å²) in [7, 11) is 0. The first-order valence-electron chi connectivity index (χ1n) is 5.58. The monoisotopic (exact) mass is 426 g/mol. The molecule has 0 saturated heterocycles. The summed E-state index contributed by atoms with van der Waals surface area (Å²) < 4.78 is 1.90. The van der Waals surface area contributed by atoms with Crippen LogP contribution in [0.1, 0.15) is 15.9 Å². The Morgan fingerprint density at radius 3 is 2.95 bits per heavy atom. The lowest BCUT2D eigenvalue weighted by Gasteiger charge is -2.00. The van der Waals surface area contributed by atoms with Crippen LogP contribution in [-0.2, 0) is 0 Å². The van der Waals surface area contributed by atoms with Crippen molar-refractivity contribution in [2.75, 3.05) is 0 Å². The molecular formula is C14H8BrIN2O. The van der Waals surface area contributed by atoms with Gasteiger partial charge in [0.1, 0.15) is 5.65 Å². The van der Waals surface area contributed by atoms with E-state index in [1.54, 1.807) is 12.4 Å². The zero-order chi connectivity index (χ0) is 13.4. The van der Waals surface area contributed by atoms with E-state index in [0.717, 1.165) is 19.1 Å². The SMILES string of the molecule is O=C(c1cccc(I)c1)c1c[nH]c2ncc(Br)cc12. The maximum atomic E-state index is 12.5. The van der Waals surface area contributed by atoms with Crippen LogP contribution in [0.3, 0.4) is 0 Å². The minimum Gasteiger partial charge on any atom is -0.345 e. The van der Waals surface area contributed by atoms with Crippen LogP contribution in [-0.4, -0.2) is 15.8 Å². The molecule has 3 aromatic rings. The Balaban J connectivity index is 2.14. The van der Waals surface area contributed by atoms with Gasteiger partial charge in [-0.3, -0.25) is 4.79 Å². The van der Waals surface area contributed by atoms with Crippen LogP contribution in [0, 0.1) is 3.57 Å². The summed E-state index contributed by atoms with van der Waals surface area (Å²) in [5.74, 6) is 0.00432. The molecule has 0 saturated carbocycles. The van der Waals surface area contributed by atoms with Gasteiger partial charge in [-0.05, 0) is 56.7 Å². The van der Waals surface area contributed by atoms with Gasteiger partial charge in [0, 0.05) is 36.9 Å². The van der Waals surface area contributed by atoms with Crippen LogP contribution >= 0.6 is 38.5 Å². The normalized spacial score (nSPS) is 10.8. The standard InChI is InChI=1S/C14H8BrIN2O/c15-9-5-11-12(7-18-14(11)17-6-9)13(19)8-2-1-3-10(16)4-8/h1-7H,(H,17,18). The van der Waals surface area contributed by atoms with Gasteiger partial charge in [0.2, 0.25) is 0 Å². The lowest BCUT2D eigenvalue weighted by molar-refractivity contribution is 0.104. The van der Waals surface area contributed by atoms with Gasteiger partial charge in [0.05, 0.1) is 0 Å². The summed E-state index contributed by atoms with van der Waals surface area (Å²) >= 11 is 5.58. The molecule has 1 aromatic carbocycles. The fourth-order valence-corrected chi connectivity index (χ4v) is 2.83. The summed E-state index contributed by atoms with van der Waals surface area (Å²) in [6.45, 7) is 0. The van der Waals surface area contributed by atoms with E-state index in [4.69, 9.17) is 0 Å². The summed E-state index contributed by atoms with van der Waals surface area (Å²) in [5, 5.41) is 0.832. The molecule has 0 aliphatic carbocycles. The lowest BCUT2D eigenvalue weighted by Crippen LogP contribution is -2.00. The van der Waals surface area contributed by atoms with E-state index < -0.39 is 0 Å². The minimum atomic E-state index is 0.00432. The first-order valence-corrected chi connectivity index (χ1v) is 7.45. The van der Waals surface area contributed by atoms with Crippen LogP contribution in [0.25, 0.3) is 11.0 Å². The highest BCUT2D eigenvalue weighted by Gasteiger charge is 2.15. The van der Waals surface area contributed by atoms with Gasteiger partial charge >= 0.3 is 0 Å². The number of carbonyl (C=O) groups is 1. The van der Waals surface area contributed by atoms with E-state index in [-0.39, 0.29) is 5.78 Å². The lowest BCUT2D eigenvalue weighted by atomic mass is 10.0. The molecule has 0 radical (unpaired) electrons. The summed E-state index contributed by atoms with van der Waals surface area (Å²) in [6, 6.07) is 9.46. The van der Waals surface area contributed by atoms with Gasteiger partial charge < -0.3 is 4.98 Å². The molecule has 0 atom stereocenters. The van der Waals surface area contributed by atoms with Crippen molar-refractivity contribution in [3.8, 4) is 0 Å². The van der Waals surface area contributed by atoms with E-state index in [1.807, 2.05) is 30.3 Å². The molecule has 0 amide bonds. The third-order valence-electron chi connectivity index (χ3n) is 2.83. The Bertz CT molecular complexity index is 782. The van der Waals surface area contributed by atoms with Gasteiger partial charge in [-0.1, -0.05) is 12.1 Å². The number of H-pyrrole nitrogens is 1. The third-order valence-corrected chi connectivity index (χ3v) is 3.93. The largest absolute Gasteiger partial charge is 0.345 e. The minimum absolute atomic E-state index is 0.00432. The molecule has 0 aliphatic rings. The van der Waals surface area contributed by atoms with Crippen molar-refractivity contribution in [1.82, 2.24) is 9.97 Å². The fraction of sp³-hybridized carbons (Fsp3) is 0. The number of ketones is 1. The number of hydrogen-bond donors (Lipinski definition) is 1. The number of nitrogens with one attached hydrogen (secondary N) is 1. The number of hydrogen-bond acceptors (Lipinski definition) is 2. The van der Waals surface area contributed by atoms with E-state index in [1.165, 1.54) is 0 Å². The van der Waals surface area contributed by atoms with Crippen LogP contribution < -0.4 is 0 Å². The summed E-state index contributed by atoms with van der Waals surface area (Å²) in [4.78, 5) is 19.8. The molecule has 0 bridgehead atoms. The van der Waals surface area contributed by atoms with Crippen LogP contribution in [0.5, 0.6) is 0 Å². The van der Waals surface area contributed by atoms with Crippen LogP contribution in [0.2, 0.25) is 0 Å². The van der Waals surface area contributed by atoms with Crippen molar-refractivity contribution >= 4 is 55.3 Å². The molecule has 5 heteroatoms. The van der Waals surface area contributed by atoms with E-state index in [0.29, 0.717) is 11.1 Å². The molecular weight excluding hydrogens is 419 g/mol. The van der Waals surface area contributed by atoms with Crippen molar-refractivity contribution in [3.05, 3.63) is 61.9 Å². The molecule has 3 nitrogen and oxygen atoms in total. The topological polar surface area (TPSA) is 45.8 Å².